The molecule has 3 aromatic carbocycles. The van der Waals surface area contributed by atoms with Crippen LogP contribution in [0.5, 0.6) is 5.75 Å². The Bertz CT molecular complexity index is 1200. The second-order valence-corrected chi connectivity index (χ2v) is 7.49. The van der Waals surface area contributed by atoms with Crippen LogP contribution in [0, 0.1) is 17.1 Å². The highest BCUT2D eigenvalue weighted by atomic mass is 19.4. The third-order valence-electron chi connectivity index (χ3n) is 5.51. The van der Waals surface area contributed by atoms with Crippen LogP contribution < -0.4 is 4.74 Å². The molecule has 0 N–H and O–H groups in total. The summed E-state index contributed by atoms with van der Waals surface area (Å²) in [5, 5.41) is 9.54. The molecule has 170 valence electrons. The second-order valence-electron chi connectivity index (χ2n) is 7.49. The van der Waals surface area contributed by atoms with Crippen LogP contribution in [0.15, 0.2) is 60.7 Å². The van der Waals surface area contributed by atoms with Crippen LogP contribution in [0.3, 0.4) is 0 Å². The number of ether oxygens (including phenoxy) is 3. The molecule has 0 amide bonds. The topological polar surface area (TPSA) is 54.8 Å². The standard InChI is InChI=1S/C25H19F4NO3/c1-31-11-12-32-21-10-7-16(14-30)22(23(21)26)19-13-18(8-9-20(19)25(27,28)29)24(15-33-24)17-5-3-2-4-6-17/h2-10,13H,11-12,15H2,1H3. The van der Waals surface area contributed by atoms with Crippen molar-refractivity contribution in [2.24, 2.45) is 0 Å². The number of epoxide rings is 1. The van der Waals surface area contributed by atoms with Crippen molar-refractivity contribution in [3.05, 3.63) is 88.7 Å². The number of methoxy groups -OCH3 is 1. The first kappa shape index (κ1) is 22.8. The minimum atomic E-state index is -4.77. The molecule has 0 aromatic heterocycles. The number of nitrogens with zero attached hydrogens (tertiary/aromatic N) is 1. The Kier molecular flexibility index (Phi) is 6.11. The molecule has 0 radical (unpaired) electrons. The van der Waals surface area contributed by atoms with E-state index in [4.69, 9.17) is 14.2 Å². The number of nitriles is 1. The molecule has 1 fully saturated rings. The van der Waals surface area contributed by atoms with E-state index in [1.54, 1.807) is 18.2 Å². The average Bonchev–Trinajstić information content (AvgIpc) is 3.62. The lowest BCUT2D eigenvalue weighted by Gasteiger charge is -2.20. The lowest BCUT2D eigenvalue weighted by atomic mass is 9.86. The maximum absolute atomic E-state index is 15.5. The number of halogens is 4. The quantitative estimate of drug-likeness (QED) is 0.260. The molecule has 0 bridgehead atoms. The van der Waals surface area contributed by atoms with Crippen LogP contribution >= 0.6 is 0 Å². The van der Waals surface area contributed by atoms with E-state index in [1.807, 2.05) is 18.2 Å². The van der Waals surface area contributed by atoms with Gasteiger partial charge >= 0.3 is 6.18 Å². The summed E-state index contributed by atoms with van der Waals surface area (Å²) < 4.78 is 73.1. The number of hydrogen-bond acceptors (Lipinski definition) is 4. The molecule has 1 aliphatic rings. The molecule has 1 unspecified atom stereocenters. The van der Waals surface area contributed by atoms with Crippen molar-refractivity contribution in [3.63, 3.8) is 0 Å². The Labute approximate surface area is 187 Å². The number of hydrogen-bond donors (Lipinski definition) is 0. The molecule has 1 saturated heterocycles. The largest absolute Gasteiger partial charge is 0.488 e. The summed E-state index contributed by atoms with van der Waals surface area (Å²) in [7, 11) is 1.44. The van der Waals surface area contributed by atoms with Gasteiger partial charge in [-0.3, -0.25) is 0 Å². The van der Waals surface area contributed by atoms with E-state index in [9.17, 15) is 18.4 Å². The highest BCUT2D eigenvalue weighted by molar-refractivity contribution is 5.77. The Morgan fingerprint density at radius 1 is 1.03 bits per heavy atom. The van der Waals surface area contributed by atoms with Crippen molar-refractivity contribution < 1.29 is 31.8 Å². The predicted molar refractivity (Wildman–Crippen MR) is 112 cm³/mol. The van der Waals surface area contributed by atoms with Crippen LogP contribution in [0.2, 0.25) is 0 Å². The first-order valence-electron chi connectivity index (χ1n) is 10.1. The van der Waals surface area contributed by atoms with Gasteiger partial charge < -0.3 is 14.2 Å². The van der Waals surface area contributed by atoms with Crippen molar-refractivity contribution in [3.8, 4) is 22.9 Å². The van der Waals surface area contributed by atoms with Gasteiger partial charge in [0.05, 0.1) is 30.4 Å². The molecule has 1 atom stereocenters. The third-order valence-corrected chi connectivity index (χ3v) is 5.51. The van der Waals surface area contributed by atoms with Crippen LogP contribution in [-0.2, 0) is 21.3 Å². The van der Waals surface area contributed by atoms with E-state index in [1.165, 1.54) is 31.4 Å². The summed E-state index contributed by atoms with van der Waals surface area (Å²) >= 11 is 0. The minimum absolute atomic E-state index is 0.00408. The summed E-state index contributed by atoms with van der Waals surface area (Å²) in [6.45, 7) is 0.431. The van der Waals surface area contributed by atoms with Gasteiger partial charge in [-0.05, 0) is 41.0 Å². The van der Waals surface area contributed by atoms with Crippen molar-refractivity contribution in [2.45, 2.75) is 11.8 Å². The molecule has 0 spiro atoms. The van der Waals surface area contributed by atoms with Crippen LogP contribution in [-0.4, -0.2) is 26.9 Å². The monoisotopic (exact) mass is 457 g/mol. The van der Waals surface area contributed by atoms with Gasteiger partial charge in [0.2, 0.25) is 0 Å². The molecule has 0 aliphatic carbocycles. The summed E-state index contributed by atoms with van der Waals surface area (Å²) in [6.07, 6.45) is -4.77. The van der Waals surface area contributed by atoms with E-state index in [2.05, 4.69) is 0 Å². The molecule has 3 aromatic rings. The predicted octanol–water partition coefficient (Wildman–Crippen LogP) is 5.68. The molecular formula is C25H19F4NO3. The van der Waals surface area contributed by atoms with E-state index in [0.717, 1.165) is 11.6 Å². The smallest absolute Gasteiger partial charge is 0.417 e. The molecule has 4 rings (SSSR count). The van der Waals surface area contributed by atoms with Crippen molar-refractivity contribution in [2.75, 3.05) is 26.9 Å². The molecule has 33 heavy (non-hydrogen) atoms. The van der Waals surface area contributed by atoms with Crippen LogP contribution in [0.1, 0.15) is 22.3 Å². The maximum Gasteiger partial charge on any atom is 0.417 e. The summed E-state index contributed by atoms with van der Waals surface area (Å²) in [5.74, 6) is -1.31. The molecule has 8 heteroatoms. The zero-order valence-electron chi connectivity index (χ0n) is 17.6. The second kappa shape index (κ2) is 8.85. The van der Waals surface area contributed by atoms with Gasteiger partial charge in [-0.25, -0.2) is 4.39 Å². The van der Waals surface area contributed by atoms with Gasteiger partial charge in [0.15, 0.2) is 11.6 Å². The zero-order valence-corrected chi connectivity index (χ0v) is 17.6. The molecule has 1 heterocycles. The Balaban J connectivity index is 1.91. The fourth-order valence-corrected chi connectivity index (χ4v) is 3.79. The lowest BCUT2D eigenvalue weighted by molar-refractivity contribution is -0.137. The summed E-state index contributed by atoms with van der Waals surface area (Å²) in [5.41, 5.74) is -1.92. The lowest BCUT2D eigenvalue weighted by Crippen LogP contribution is -2.14. The first-order valence-corrected chi connectivity index (χ1v) is 10.1. The van der Waals surface area contributed by atoms with E-state index < -0.39 is 34.3 Å². The van der Waals surface area contributed by atoms with Gasteiger partial charge in [0.25, 0.3) is 0 Å². The molecule has 0 saturated carbocycles. The maximum atomic E-state index is 15.5. The van der Waals surface area contributed by atoms with Gasteiger partial charge in [-0.1, -0.05) is 36.4 Å². The third kappa shape index (κ3) is 4.30. The van der Waals surface area contributed by atoms with Crippen molar-refractivity contribution in [1.29, 1.82) is 5.26 Å². The van der Waals surface area contributed by atoms with E-state index >= 15 is 4.39 Å². The fraction of sp³-hybridized carbons (Fsp3) is 0.240. The Morgan fingerprint density at radius 2 is 1.76 bits per heavy atom. The van der Waals surface area contributed by atoms with Crippen molar-refractivity contribution >= 4 is 0 Å². The minimum Gasteiger partial charge on any atom is -0.488 e. The van der Waals surface area contributed by atoms with Crippen LogP contribution in [0.4, 0.5) is 17.6 Å². The SMILES string of the molecule is COCCOc1ccc(C#N)c(-c2cc(C3(c4ccccc4)CO3)ccc2C(F)(F)F)c1F. The van der Waals surface area contributed by atoms with Gasteiger partial charge in [0, 0.05) is 12.7 Å². The van der Waals surface area contributed by atoms with Crippen molar-refractivity contribution in [1.82, 2.24) is 0 Å². The van der Waals surface area contributed by atoms with Gasteiger partial charge in [0.1, 0.15) is 12.2 Å². The normalized spacial score (nSPS) is 17.5. The van der Waals surface area contributed by atoms with Gasteiger partial charge in [-0.2, -0.15) is 18.4 Å². The van der Waals surface area contributed by atoms with E-state index in [-0.39, 0.29) is 31.1 Å². The Morgan fingerprint density at radius 3 is 2.36 bits per heavy atom. The number of rotatable bonds is 7. The highest BCUT2D eigenvalue weighted by Gasteiger charge is 2.49. The summed E-state index contributed by atoms with van der Waals surface area (Å²) in [6, 6.07) is 16.8. The summed E-state index contributed by atoms with van der Waals surface area (Å²) in [4.78, 5) is 0. The number of benzene rings is 3. The van der Waals surface area contributed by atoms with Crippen LogP contribution in [0.25, 0.3) is 11.1 Å². The molecule has 1 aliphatic heterocycles. The van der Waals surface area contributed by atoms with E-state index in [0.29, 0.717) is 5.56 Å². The zero-order chi connectivity index (χ0) is 23.6. The highest BCUT2D eigenvalue weighted by Crippen LogP contribution is 2.48. The molecule has 4 nitrogen and oxygen atoms in total. The number of alkyl halides is 3. The Hall–Kier alpha value is -3.41. The first-order chi connectivity index (χ1) is 15.8. The molecular weight excluding hydrogens is 438 g/mol. The van der Waals surface area contributed by atoms with Gasteiger partial charge in [-0.15, -0.1) is 0 Å². The fourth-order valence-electron chi connectivity index (χ4n) is 3.79. The average molecular weight is 457 g/mol.